The van der Waals surface area contributed by atoms with Gasteiger partial charge in [-0.25, -0.2) is 9.97 Å². The number of benzene rings is 1. The second kappa shape index (κ2) is 8.60. The van der Waals surface area contributed by atoms with E-state index < -0.39 is 0 Å². The van der Waals surface area contributed by atoms with Crippen LogP contribution in [-0.2, 0) is 11.2 Å². The molecule has 150 valence electrons. The molecule has 0 saturated carbocycles. The number of thiazole rings is 1. The van der Waals surface area contributed by atoms with E-state index in [-0.39, 0.29) is 17.2 Å². The Morgan fingerprint density at radius 1 is 1.38 bits per heavy atom. The number of aromatic nitrogens is 3. The van der Waals surface area contributed by atoms with Gasteiger partial charge in [-0.3, -0.25) is 14.2 Å². The first-order valence-electron chi connectivity index (χ1n) is 8.83. The van der Waals surface area contributed by atoms with E-state index in [1.165, 1.54) is 34.9 Å². The zero-order valence-electron chi connectivity index (χ0n) is 15.8. The van der Waals surface area contributed by atoms with Crippen LogP contribution in [0, 0.1) is 6.92 Å². The van der Waals surface area contributed by atoms with Crippen molar-refractivity contribution in [2.45, 2.75) is 23.4 Å². The van der Waals surface area contributed by atoms with E-state index >= 15 is 0 Å². The van der Waals surface area contributed by atoms with Gasteiger partial charge in [0.1, 0.15) is 5.75 Å². The summed E-state index contributed by atoms with van der Waals surface area (Å²) in [4.78, 5) is 35.1. The fourth-order valence-electron chi connectivity index (χ4n) is 2.86. The molecule has 0 aliphatic carbocycles. The number of carbonyl (C=O) groups is 1. The molecule has 3 aromatic rings. The van der Waals surface area contributed by atoms with E-state index in [1.54, 1.807) is 17.7 Å². The predicted molar refractivity (Wildman–Crippen MR) is 117 cm³/mol. The Kier molecular flexibility index (Phi) is 5.93. The Bertz CT molecular complexity index is 1130. The minimum absolute atomic E-state index is 0.107. The number of anilines is 1. The number of fused-ring (bicyclic) bond motifs is 1. The molecule has 0 bridgehead atoms. The Balaban J connectivity index is 1.64. The van der Waals surface area contributed by atoms with Crippen LogP contribution in [0.25, 0.3) is 5.69 Å². The molecule has 7 nitrogen and oxygen atoms in total. The molecule has 1 amide bonds. The van der Waals surface area contributed by atoms with E-state index in [0.29, 0.717) is 26.6 Å². The van der Waals surface area contributed by atoms with Crippen molar-refractivity contribution >= 4 is 45.9 Å². The summed E-state index contributed by atoms with van der Waals surface area (Å²) >= 11 is 4.15. The van der Waals surface area contributed by atoms with Crippen LogP contribution < -0.4 is 15.6 Å². The molecule has 4 rings (SSSR count). The van der Waals surface area contributed by atoms with Crippen LogP contribution >= 0.6 is 34.9 Å². The third-order valence-electron chi connectivity index (χ3n) is 4.18. The molecule has 0 radical (unpaired) electrons. The summed E-state index contributed by atoms with van der Waals surface area (Å²) in [6, 6.07) is 7.27. The van der Waals surface area contributed by atoms with Gasteiger partial charge in [0.2, 0.25) is 5.91 Å². The lowest BCUT2D eigenvalue weighted by Crippen LogP contribution is -2.24. The number of rotatable bonds is 6. The van der Waals surface area contributed by atoms with Gasteiger partial charge in [0.05, 0.1) is 34.8 Å². The summed E-state index contributed by atoms with van der Waals surface area (Å²) < 4.78 is 6.86. The van der Waals surface area contributed by atoms with Crippen molar-refractivity contribution in [2.75, 3.05) is 23.9 Å². The smallest absolute Gasteiger partial charge is 0.272 e. The number of hydrogen-bond donors (Lipinski definition) is 1. The highest BCUT2D eigenvalue weighted by Gasteiger charge is 2.23. The number of thioether (sulfide) groups is 2. The summed E-state index contributed by atoms with van der Waals surface area (Å²) in [6.45, 7) is 1.88. The molecule has 10 heteroatoms. The lowest BCUT2D eigenvalue weighted by Gasteiger charge is -2.14. The number of hydrogen-bond acceptors (Lipinski definition) is 8. The van der Waals surface area contributed by atoms with Crippen molar-refractivity contribution in [3.63, 3.8) is 0 Å². The van der Waals surface area contributed by atoms with E-state index in [4.69, 9.17) is 9.72 Å². The second-order valence-corrected chi connectivity index (χ2v) is 9.15. The molecular formula is C19H18N4O3S3. The van der Waals surface area contributed by atoms with Gasteiger partial charge < -0.3 is 10.1 Å². The van der Waals surface area contributed by atoms with Gasteiger partial charge >= 0.3 is 0 Å². The Morgan fingerprint density at radius 3 is 3.00 bits per heavy atom. The first-order chi connectivity index (χ1) is 14.0. The molecule has 1 aromatic carbocycles. The lowest BCUT2D eigenvalue weighted by molar-refractivity contribution is -0.113. The SMILES string of the molecule is COc1cccc(-n2c(SCC(=O)Nc3nc(C)cs3)nc3c(c2=O)SCC3)c1. The molecule has 0 unspecified atom stereocenters. The van der Waals surface area contributed by atoms with Crippen LogP contribution in [0.3, 0.4) is 0 Å². The fraction of sp³-hybridized carbons (Fsp3) is 0.263. The van der Waals surface area contributed by atoms with Crippen molar-refractivity contribution in [3.8, 4) is 11.4 Å². The molecule has 1 N–H and O–H groups in total. The quantitative estimate of drug-likeness (QED) is 0.459. The number of amides is 1. The van der Waals surface area contributed by atoms with Crippen molar-refractivity contribution in [3.05, 3.63) is 51.4 Å². The average molecular weight is 447 g/mol. The van der Waals surface area contributed by atoms with Gasteiger partial charge in [0, 0.05) is 23.6 Å². The van der Waals surface area contributed by atoms with Gasteiger partial charge in [-0.05, 0) is 19.1 Å². The van der Waals surface area contributed by atoms with Crippen LogP contribution in [0.4, 0.5) is 5.13 Å². The lowest BCUT2D eigenvalue weighted by atomic mass is 10.3. The van der Waals surface area contributed by atoms with Crippen LogP contribution in [-0.4, -0.2) is 39.1 Å². The van der Waals surface area contributed by atoms with Gasteiger partial charge in [-0.1, -0.05) is 17.8 Å². The van der Waals surface area contributed by atoms with Crippen LogP contribution in [0.5, 0.6) is 5.75 Å². The number of nitrogens with one attached hydrogen (secondary N) is 1. The number of ether oxygens (including phenoxy) is 1. The average Bonchev–Trinajstić information content (AvgIpc) is 3.35. The van der Waals surface area contributed by atoms with Gasteiger partial charge in [0.15, 0.2) is 10.3 Å². The third-order valence-corrected chi connectivity index (χ3v) is 7.10. The zero-order valence-corrected chi connectivity index (χ0v) is 18.2. The van der Waals surface area contributed by atoms with Crippen molar-refractivity contribution in [1.82, 2.24) is 14.5 Å². The Labute approximate surface area is 179 Å². The van der Waals surface area contributed by atoms with E-state index in [9.17, 15) is 9.59 Å². The maximum atomic E-state index is 13.2. The molecule has 0 fully saturated rings. The molecule has 0 saturated heterocycles. The maximum Gasteiger partial charge on any atom is 0.272 e. The van der Waals surface area contributed by atoms with Crippen LogP contribution in [0.15, 0.2) is 44.5 Å². The van der Waals surface area contributed by atoms with E-state index in [2.05, 4.69) is 10.3 Å². The molecule has 1 aliphatic rings. The first-order valence-corrected chi connectivity index (χ1v) is 11.7. The van der Waals surface area contributed by atoms with Gasteiger partial charge in [-0.2, -0.15) is 0 Å². The summed E-state index contributed by atoms with van der Waals surface area (Å²) in [5.41, 5.74) is 2.22. The predicted octanol–water partition coefficient (Wildman–Crippen LogP) is 3.39. The number of aryl methyl sites for hydroxylation is 2. The van der Waals surface area contributed by atoms with Crippen molar-refractivity contribution in [1.29, 1.82) is 0 Å². The maximum absolute atomic E-state index is 13.2. The minimum Gasteiger partial charge on any atom is -0.497 e. The Morgan fingerprint density at radius 2 is 2.24 bits per heavy atom. The first kappa shape index (κ1) is 20.0. The highest BCUT2D eigenvalue weighted by Crippen LogP contribution is 2.30. The zero-order chi connectivity index (χ0) is 20.4. The number of methoxy groups -OCH3 is 1. The third kappa shape index (κ3) is 4.34. The van der Waals surface area contributed by atoms with Crippen LogP contribution in [0.2, 0.25) is 0 Å². The summed E-state index contributed by atoms with van der Waals surface area (Å²) in [5.74, 6) is 1.43. The summed E-state index contributed by atoms with van der Waals surface area (Å²) in [6.07, 6.45) is 0.756. The highest BCUT2D eigenvalue weighted by molar-refractivity contribution is 8.00. The number of carbonyl (C=O) groups excluding carboxylic acids is 1. The highest BCUT2D eigenvalue weighted by atomic mass is 32.2. The van der Waals surface area contributed by atoms with Crippen molar-refractivity contribution in [2.24, 2.45) is 0 Å². The molecule has 2 aromatic heterocycles. The minimum atomic E-state index is -0.189. The summed E-state index contributed by atoms with van der Waals surface area (Å²) in [7, 11) is 1.58. The van der Waals surface area contributed by atoms with Crippen molar-refractivity contribution < 1.29 is 9.53 Å². The van der Waals surface area contributed by atoms with Gasteiger partial charge in [-0.15, -0.1) is 23.1 Å². The van der Waals surface area contributed by atoms with E-state index in [0.717, 1.165) is 23.6 Å². The van der Waals surface area contributed by atoms with Crippen LogP contribution in [0.1, 0.15) is 11.4 Å². The fourth-order valence-corrected chi connectivity index (χ4v) is 5.42. The van der Waals surface area contributed by atoms with E-state index in [1.807, 2.05) is 30.5 Å². The topological polar surface area (TPSA) is 86.1 Å². The standard InChI is InChI=1S/C19H18N4O3S3/c1-11-9-28-18(20-11)22-15(24)10-29-19-21-14-6-7-27-16(14)17(25)23(19)12-4-3-5-13(8-12)26-2/h3-5,8-9H,6-7,10H2,1-2H3,(H,20,22,24). The molecule has 3 heterocycles. The molecule has 0 spiro atoms. The molecule has 29 heavy (non-hydrogen) atoms. The molecule has 1 aliphatic heterocycles. The second-order valence-electron chi connectivity index (χ2n) is 6.24. The number of nitrogens with zero attached hydrogens (tertiary/aromatic N) is 3. The Hall–Kier alpha value is -2.30. The normalized spacial score (nSPS) is 12.6. The van der Waals surface area contributed by atoms with Gasteiger partial charge in [0.25, 0.3) is 5.56 Å². The monoisotopic (exact) mass is 446 g/mol. The summed E-state index contributed by atoms with van der Waals surface area (Å²) in [5, 5.41) is 5.73. The molecular weight excluding hydrogens is 428 g/mol. The molecule has 0 atom stereocenters. The largest absolute Gasteiger partial charge is 0.497 e.